The first-order valence-corrected chi connectivity index (χ1v) is 14.9. The lowest BCUT2D eigenvalue weighted by Crippen LogP contribution is -2.58. The first-order valence-electron chi connectivity index (χ1n) is 14.9. The molecule has 0 heterocycles. The van der Waals surface area contributed by atoms with Crippen molar-refractivity contribution in [3.8, 4) is 0 Å². The van der Waals surface area contributed by atoms with Gasteiger partial charge in [0.15, 0.2) is 0 Å². The van der Waals surface area contributed by atoms with Crippen LogP contribution in [0, 0.1) is 0 Å². The Hall–Kier alpha value is -4.15. The summed E-state index contributed by atoms with van der Waals surface area (Å²) in [7, 11) is 0. The van der Waals surface area contributed by atoms with Crippen LogP contribution in [0.25, 0.3) is 0 Å². The number of carbonyl (C=O) groups is 3. The van der Waals surface area contributed by atoms with Crippen molar-refractivity contribution in [2.24, 2.45) is 0 Å². The molecule has 3 N–H and O–H groups in total. The molecule has 0 bridgehead atoms. The molecule has 0 saturated heterocycles. The summed E-state index contributed by atoms with van der Waals surface area (Å²) in [6.07, 6.45) is 2.08. The molecular formula is C34H41F2N3O5. The van der Waals surface area contributed by atoms with E-state index in [0.717, 1.165) is 11.3 Å². The summed E-state index contributed by atoms with van der Waals surface area (Å²) < 4.78 is 38.5. The Morgan fingerprint density at radius 3 is 1.98 bits per heavy atom. The van der Waals surface area contributed by atoms with Crippen LogP contribution in [0.15, 0.2) is 91.0 Å². The van der Waals surface area contributed by atoms with Crippen molar-refractivity contribution < 1.29 is 33.0 Å². The maximum atomic E-state index is 16.8. The number of nitrogens with zero attached hydrogens (tertiary/aromatic N) is 1. The van der Waals surface area contributed by atoms with Gasteiger partial charge in [0.2, 0.25) is 5.91 Å². The number of esters is 1. The molecule has 8 nitrogen and oxygen atoms in total. The van der Waals surface area contributed by atoms with Crippen molar-refractivity contribution in [2.75, 3.05) is 24.7 Å². The van der Waals surface area contributed by atoms with Gasteiger partial charge in [-0.25, -0.2) is 0 Å². The lowest BCUT2D eigenvalue weighted by atomic mass is 9.95. The fraction of sp³-hybridized carbons (Fsp3) is 0.382. The van der Waals surface area contributed by atoms with Gasteiger partial charge in [-0.15, -0.1) is 0 Å². The minimum Gasteiger partial charge on any atom is -0.465 e. The molecule has 3 atom stereocenters. The second-order valence-electron chi connectivity index (χ2n) is 10.3. The first-order chi connectivity index (χ1) is 21.2. The van der Waals surface area contributed by atoms with E-state index in [1.807, 2.05) is 6.92 Å². The summed E-state index contributed by atoms with van der Waals surface area (Å²) in [5.41, 5.74) is 0.802. The zero-order valence-corrected chi connectivity index (χ0v) is 25.1. The number of unbranched alkanes of at least 4 members (excludes halogenated alkanes) is 2. The predicted molar refractivity (Wildman–Crippen MR) is 165 cm³/mol. The smallest absolute Gasteiger partial charge is 0.344 e. The normalized spacial score (nSPS) is 13.4. The van der Waals surface area contributed by atoms with Gasteiger partial charge in [0.05, 0.1) is 19.3 Å². The molecule has 0 spiro atoms. The highest BCUT2D eigenvalue weighted by Gasteiger charge is 2.53. The van der Waals surface area contributed by atoms with Crippen LogP contribution in [0.5, 0.6) is 0 Å². The number of benzene rings is 3. The molecule has 0 aliphatic heterocycles. The zero-order valence-electron chi connectivity index (χ0n) is 25.1. The number of rotatable bonds is 17. The summed E-state index contributed by atoms with van der Waals surface area (Å²) in [4.78, 5) is 40.6. The number of ether oxygens (including phenoxy) is 1. The Morgan fingerprint density at radius 1 is 0.864 bits per heavy atom. The van der Waals surface area contributed by atoms with E-state index in [4.69, 9.17) is 4.74 Å². The Labute approximate surface area is 257 Å². The summed E-state index contributed by atoms with van der Waals surface area (Å²) in [5.74, 6) is -7.11. The van der Waals surface area contributed by atoms with E-state index in [1.54, 1.807) is 73.7 Å². The third kappa shape index (κ3) is 9.17. The third-order valence-electron chi connectivity index (χ3n) is 7.19. The van der Waals surface area contributed by atoms with Crippen molar-refractivity contribution in [2.45, 2.75) is 63.6 Å². The van der Waals surface area contributed by atoms with Gasteiger partial charge >= 0.3 is 11.9 Å². The number of aliphatic hydroxyl groups excluding tert-OH is 1. The molecule has 3 aromatic carbocycles. The minimum absolute atomic E-state index is 0.0892. The Bertz CT molecular complexity index is 1310. The summed E-state index contributed by atoms with van der Waals surface area (Å²) in [6, 6.07) is 20.2. The molecule has 2 amide bonds. The first kappa shape index (κ1) is 34.3. The highest BCUT2D eigenvalue weighted by atomic mass is 19.3. The molecule has 0 unspecified atom stereocenters. The van der Waals surface area contributed by atoms with E-state index < -0.39 is 55.0 Å². The monoisotopic (exact) mass is 609 g/mol. The van der Waals surface area contributed by atoms with Crippen LogP contribution >= 0.6 is 0 Å². The van der Waals surface area contributed by atoms with Crippen LogP contribution in [0.3, 0.4) is 0 Å². The van der Waals surface area contributed by atoms with Crippen LogP contribution < -0.4 is 15.5 Å². The number of amides is 2. The van der Waals surface area contributed by atoms with Crippen molar-refractivity contribution in [3.63, 3.8) is 0 Å². The number of aliphatic hydroxyl groups is 1. The van der Waals surface area contributed by atoms with Crippen molar-refractivity contribution in [3.05, 3.63) is 102 Å². The molecule has 0 aromatic heterocycles. The number of alkyl halides is 2. The number of hydrogen-bond acceptors (Lipinski definition) is 6. The highest BCUT2D eigenvalue weighted by molar-refractivity contribution is 6.04. The van der Waals surface area contributed by atoms with Gasteiger partial charge < -0.3 is 15.2 Å². The average Bonchev–Trinajstić information content (AvgIpc) is 3.05. The van der Waals surface area contributed by atoms with Gasteiger partial charge in [-0.3, -0.25) is 24.6 Å². The molecule has 10 heteroatoms. The van der Waals surface area contributed by atoms with Crippen molar-refractivity contribution >= 4 is 23.5 Å². The predicted octanol–water partition coefficient (Wildman–Crippen LogP) is 5.35. The molecule has 0 fully saturated rings. The lowest BCUT2D eigenvalue weighted by molar-refractivity contribution is -0.149. The standard InChI is InChI=1S/C34H41F2N3O5/c1-3-5-9-22-29(32(42)37-23-30(41)44-4-2)39(27-20-14-8-15-21-27)33(43)34(35,36)31(26-18-12-7-13-19-26)38-28(24-40)25-16-10-6-11-17-25/h6-8,10-21,28-29,31,38,40H,3-5,9,22-24H2,1-2H3,(H,37,42)/t28-,29-,31-/m0/s1. The van der Waals surface area contributed by atoms with Gasteiger partial charge in [0.25, 0.3) is 5.91 Å². The van der Waals surface area contributed by atoms with Gasteiger partial charge in [-0.2, -0.15) is 8.78 Å². The molecule has 44 heavy (non-hydrogen) atoms. The highest BCUT2D eigenvalue weighted by Crippen LogP contribution is 2.38. The molecule has 0 aliphatic rings. The zero-order chi connectivity index (χ0) is 32.0. The second kappa shape index (κ2) is 17.2. The van der Waals surface area contributed by atoms with Crippen LogP contribution in [0.2, 0.25) is 0 Å². The van der Waals surface area contributed by atoms with E-state index in [0.29, 0.717) is 18.4 Å². The molecule has 0 saturated carbocycles. The number of carbonyl (C=O) groups excluding carboxylic acids is 3. The average molecular weight is 610 g/mol. The fourth-order valence-corrected chi connectivity index (χ4v) is 4.96. The van der Waals surface area contributed by atoms with Crippen LogP contribution in [0.4, 0.5) is 14.5 Å². The van der Waals surface area contributed by atoms with Crippen LogP contribution in [-0.2, 0) is 19.1 Å². The van der Waals surface area contributed by atoms with Gasteiger partial charge in [-0.05, 0) is 36.6 Å². The van der Waals surface area contributed by atoms with Crippen molar-refractivity contribution in [1.29, 1.82) is 0 Å². The van der Waals surface area contributed by atoms with Crippen molar-refractivity contribution in [1.82, 2.24) is 10.6 Å². The topological polar surface area (TPSA) is 108 Å². The van der Waals surface area contributed by atoms with E-state index >= 15 is 8.78 Å². The number of anilines is 1. The third-order valence-corrected chi connectivity index (χ3v) is 7.19. The van der Waals surface area contributed by atoms with E-state index in [2.05, 4.69) is 10.6 Å². The maximum Gasteiger partial charge on any atom is 0.344 e. The maximum absolute atomic E-state index is 16.8. The molecule has 3 aromatic rings. The lowest BCUT2D eigenvalue weighted by Gasteiger charge is -2.37. The van der Waals surface area contributed by atoms with Gasteiger partial charge in [-0.1, -0.05) is 105 Å². The SMILES string of the molecule is CCCCC[C@@H](C(=O)NCC(=O)OCC)N(C(=O)C(F)(F)[C@@H](N[C@@H](CO)c1ccccc1)c1ccccc1)c1ccccc1. The number of hydrogen-bond donors (Lipinski definition) is 3. The summed E-state index contributed by atoms with van der Waals surface area (Å²) in [6.45, 7) is 2.73. The number of para-hydroxylation sites is 1. The number of nitrogens with one attached hydrogen (secondary N) is 2. The molecule has 0 aliphatic carbocycles. The van der Waals surface area contributed by atoms with Gasteiger partial charge in [0, 0.05) is 5.69 Å². The number of halogens is 2. The molecule has 3 rings (SSSR count). The molecule has 0 radical (unpaired) electrons. The quantitative estimate of drug-likeness (QED) is 0.141. The Balaban J connectivity index is 2.07. The molecular weight excluding hydrogens is 568 g/mol. The minimum atomic E-state index is -4.09. The summed E-state index contributed by atoms with van der Waals surface area (Å²) >= 11 is 0. The molecule has 236 valence electrons. The van der Waals surface area contributed by atoms with Gasteiger partial charge in [0.1, 0.15) is 18.6 Å². The summed E-state index contributed by atoms with van der Waals surface area (Å²) in [5, 5.41) is 15.5. The van der Waals surface area contributed by atoms with Crippen LogP contribution in [0.1, 0.15) is 62.7 Å². The second-order valence-corrected chi connectivity index (χ2v) is 10.3. The fourth-order valence-electron chi connectivity index (χ4n) is 4.96. The Morgan fingerprint density at radius 2 is 1.43 bits per heavy atom. The van der Waals surface area contributed by atoms with E-state index in [1.165, 1.54) is 24.3 Å². The Kier molecular flexibility index (Phi) is 13.4. The van der Waals surface area contributed by atoms with E-state index in [-0.39, 0.29) is 24.3 Å². The largest absolute Gasteiger partial charge is 0.465 e. The van der Waals surface area contributed by atoms with Crippen LogP contribution in [-0.4, -0.2) is 54.6 Å². The van der Waals surface area contributed by atoms with E-state index in [9.17, 15) is 19.5 Å².